The Bertz CT molecular complexity index is 1110. The second-order valence-corrected chi connectivity index (χ2v) is 8.18. The van der Waals surface area contributed by atoms with Crippen molar-refractivity contribution in [2.24, 2.45) is 0 Å². The molecular weight excluding hydrogens is 410 g/mol. The van der Waals surface area contributed by atoms with Gasteiger partial charge in [0, 0.05) is 16.6 Å². The number of rotatable bonds is 7. The summed E-state index contributed by atoms with van der Waals surface area (Å²) in [5.74, 6) is 0.758. The lowest BCUT2D eigenvalue weighted by atomic mass is 10.2. The minimum absolute atomic E-state index is 0.203. The first kappa shape index (κ1) is 21.2. The molecule has 1 unspecified atom stereocenters. The summed E-state index contributed by atoms with van der Waals surface area (Å²) in [7, 11) is 3.08. The molecule has 3 rings (SSSR count). The van der Waals surface area contributed by atoms with Gasteiger partial charge in [-0.25, -0.2) is 4.98 Å². The average molecular weight is 434 g/mol. The molecule has 1 N–H and O–H groups in total. The molecule has 2 heterocycles. The molecular formula is C20H23N3O4S2. The molecule has 1 atom stereocenters. The average Bonchev–Trinajstić information content (AvgIpc) is 3.16. The smallest absolute Gasteiger partial charge is 0.263 e. The fourth-order valence-electron chi connectivity index (χ4n) is 2.96. The van der Waals surface area contributed by atoms with Crippen LogP contribution in [0.4, 0.5) is 5.69 Å². The topological polar surface area (TPSA) is 82.5 Å². The zero-order valence-corrected chi connectivity index (χ0v) is 18.6. The van der Waals surface area contributed by atoms with Crippen molar-refractivity contribution in [2.75, 3.05) is 25.8 Å². The lowest BCUT2D eigenvalue weighted by molar-refractivity contribution is -0.119. The summed E-state index contributed by atoms with van der Waals surface area (Å²) in [6, 6.07) is 6.24. The van der Waals surface area contributed by atoms with Crippen LogP contribution in [0.2, 0.25) is 0 Å². The van der Waals surface area contributed by atoms with Crippen molar-refractivity contribution in [3.05, 3.63) is 39.5 Å². The van der Waals surface area contributed by atoms with E-state index < -0.39 is 6.04 Å². The van der Waals surface area contributed by atoms with Crippen LogP contribution in [0.5, 0.6) is 11.5 Å². The van der Waals surface area contributed by atoms with Crippen LogP contribution in [-0.4, -0.2) is 35.9 Å². The van der Waals surface area contributed by atoms with Crippen LogP contribution in [0.1, 0.15) is 24.8 Å². The van der Waals surface area contributed by atoms with Gasteiger partial charge in [-0.15, -0.1) is 11.3 Å². The second-order valence-electron chi connectivity index (χ2n) is 6.29. The van der Waals surface area contributed by atoms with Crippen LogP contribution in [0.3, 0.4) is 0 Å². The third-order valence-corrected chi connectivity index (χ3v) is 6.39. The summed E-state index contributed by atoms with van der Waals surface area (Å²) >= 11 is 2.86. The number of ether oxygens (including phenoxy) is 2. The summed E-state index contributed by atoms with van der Waals surface area (Å²) in [6.07, 6.45) is 2.68. The number of nitrogens with zero attached hydrogens (tertiary/aromatic N) is 2. The first-order valence-corrected chi connectivity index (χ1v) is 11.1. The normalized spacial score (nSPS) is 12.0. The number of aromatic nitrogens is 2. The van der Waals surface area contributed by atoms with Crippen molar-refractivity contribution in [3.8, 4) is 11.5 Å². The lowest BCUT2D eigenvalue weighted by Crippen LogP contribution is -2.33. The van der Waals surface area contributed by atoms with Gasteiger partial charge in [-0.05, 0) is 37.8 Å². The molecule has 1 amide bonds. The van der Waals surface area contributed by atoms with Crippen LogP contribution in [0.25, 0.3) is 10.2 Å². The predicted molar refractivity (Wildman–Crippen MR) is 118 cm³/mol. The highest BCUT2D eigenvalue weighted by molar-refractivity contribution is 7.98. The quantitative estimate of drug-likeness (QED) is 0.449. The van der Waals surface area contributed by atoms with Crippen molar-refractivity contribution >= 4 is 44.9 Å². The number of methoxy groups -OCH3 is 2. The van der Waals surface area contributed by atoms with E-state index in [2.05, 4.69) is 10.3 Å². The molecule has 0 bridgehead atoms. The van der Waals surface area contributed by atoms with Crippen LogP contribution in [0, 0.1) is 0 Å². The highest BCUT2D eigenvalue weighted by Gasteiger charge is 2.23. The fourth-order valence-corrected chi connectivity index (χ4v) is 4.60. The van der Waals surface area contributed by atoms with E-state index in [1.54, 1.807) is 32.2 Å². The number of carbonyl (C=O) groups is 1. The SMILES string of the molecule is CCc1cc2c(=O)n(C(C)C(=O)Nc3ccc(OC)c(OC)c3)c(SC)nc2s1. The van der Waals surface area contributed by atoms with Gasteiger partial charge >= 0.3 is 0 Å². The number of carbonyl (C=O) groups excluding carboxylic acids is 1. The molecule has 2 aromatic heterocycles. The highest BCUT2D eigenvalue weighted by atomic mass is 32.2. The zero-order chi connectivity index (χ0) is 21.1. The maximum absolute atomic E-state index is 13.1. The maximum Gasteiger partial charge on any atom is 0.263 e. The molecule has 0 radical (unpaired) electrons. The van der Waals surface area contributed by atoms with Gasteiger partial charge in [-0.1, -0.05) is 18.7 Å². The molecule has 0 saturated heterocycles. The fraction of sp³-hybridized carbons (Fsp3) is 0.350. The van der Waals surface area contributed by atoms with E-state index >= 15 is 0 Å². The van der Waals surface area contributed by atoms with Crippen LogP contribution < -0.4 is 20.3 Å². The molecule has 0 spiro atoms. The molecule has 7 nitrogen and oxygen atoms in total. The number of fused-ring (bicyclic) bond motifs is 1. The second kappa shape index (κ2) is 8.87. The number of amides is 1. The monoisotopic (exact) mass is 433 g/mol. The van der Waals surface area contributed by atoms with Crippen molar-refractivity contribution in [1.82, 2.24) is 9.55 Å². The molecule has 154 valence electrons. The summed E-state index contributed by atoms with van der Waals surface area (Å²) in [4.78, 5) is 32.4. The number of anilines is 1. The number of thiophene rings is 1. The summed E-state index contributed by atoms with van der Waals surface area (Å²) in [5, 5.41) is 3.91. The third kappa shape index (κ3) is 4.11. The van der Waals surface area contributed by atoms with E-state index in [0.717, 1.165) is 11.3 Å². The predicted octanol–water partition coefficient (Wildman–Crippen LogP) is 3.96. The standard InChI is InChI=1S/C20H23N3O4S2/c1-6-13-10-14-18(29-13)22-20(28-5)23(19(14)25)11(2)17(24)21-12-7-8-15(26-3)16(9-12)27-4/h7-11H,6H2,1-5H3,(H,21,24). The van der Waals surface area contributed by atoms with Gasteiger partial charge in [0.05, 0.1) is 19.6 Å². The maximum atomic E-state index is 13.1. The van der Waals surface area contributed by atoms with Crippen LogP contribution in [-0.2, 0) is 11.2 Å². The molecule has 0 aliphatic carbocycles. The van der Waals surface area contributed by atoms with Crippen LogP contribution in [0.15, 0.2) is 34.2 Å². The number of benzene rings is 1. The van der Waals surface area contributed by atoms with Gasteiger partial charge in [0.25, 0.3) is 5.56 Å². The molecule has 3 aromatic rings. The number of nitrogens with one attached hydrogen (secondary N) is 1. The Morgan fingerprint density at radius 1 is 1.28 bits per heavy atom. The summed E-state index contributed by atoms with van der Waals surface area (Å²) < 4.78 is 11.9. The van der Waals surface area contributed by atoms with Gasteiger partial charge in [-0.3, -0.25) is 14.2 Å². The number of aryl methyl sites for hydroxylation is 1. The third-order valence-electron chi connectivity index (χ3n) is 4.56. The Morgan fingerprint density at radius 3 is 2.62 bits per heavy atom. The minimum atomic E-state index is -0.736. The zero-order valence-electron chi connectivity index (χ0n) is 16.9. The van der Waals surface area contributed by atoms with Crippen molar-refractivity contribution < 1.29 is 14.3 Å². The highest BCUT2D eigenvalue weighted by Crippen LogP contribution is 2.30. The molecule has 0 aliphatic rings. The molecule has 0 fully saturated rings. The van der Waals surface area contributed by atoms with Crippen molar-refractivity contribution in [1.29, 1.82) is 0 Å². The largest absolute Gasteiger partial charge is 0.493 e. The number of thioether (sulfide) groups is 1. The minimum Gasteiger partial charge on any atom is -0.493 e. The van der Waals surface area contributed by atoms with Gasteiger partial charge in [-0.2, -0.15) is 0 Å². The lowest BCUT2D eigenvalue weighted by Gasteiger charge is -2.18. The van der Waals surface area contributed by atoms with Gasteiger partial charge in [0.15, 0.2) is 16.7 Å². The summed E-state index contributed by atoms with van der Waals surface area (Å²) in [6.45, 7) is 3.73. The first-order valence-electron chi connectivity index (χ1n) is 9.05. The van der Waals surface area contributed by atoms with E-state index in [4.69, 9.17) is 9.47 Å². The van der Waals surface area contributed by atoms with E-state index in [1.807, 2.05) is 19.2 Å². The van der Waals surface area contributed by atoms with E-state index in [0.29, 0.717) is 32.6 Å². The Hall–Kier alpha value is -2.52. The summed E-state index contributed by atoms with van der Waals surface area (Å²) in [5.41, 5.74) is 0.348. The molecule has 0 aliphatic heterocycles. The molecule has 0 saturated carbocycles. The first-order chi connectivity index (χ1) is 13.9. The number of hydrogen-bond acceptors (Lipinski definition) is 7. The van der Waals surface area contributed by atoms with E-state index in [1.165, 1.54) is 34.8 Å². The molecule has 1 aromatic carbocycles. The van der Waals surface area contributed by atoms with E-state index in [9.17, 15) is 9.59 Å². The van der Waals surface area contributed by atoms with Gasteiger partial charge in [0.1, 0.15) is 10.9 Å². The van der Waals surface area contributed by atoms with Gasteiger partial charge in [0.2, 0.25) is 5.91 Å². The molecule has 29 heavy (non-hydrogen) atoms. The Morgan fingerprint density at radius 2 is 2.00 bits per heavy atom. The Labute approximate surface area is 177 Å². The molecule has 9 heteroatoms. The van der Waals surface area contributed by atoms with Crippen LogP contribution >= 0.6 is 23.1 Å². The van der Waals surface area contributed by atoms with Gasteiger partial charge < -0.3 is 14.8 Å². The Kier molecular flexibility index (Phi) is 6.49. The Balaban J connectivity index is 1.96. The van der Waals surface area contributed by atoms with Crippen molar-refractivity contribution in [3.63, 3.8) is 0 Å². The number of hydrogen-bond donors (Lipinski definition) is 1. The van der Waals surface area contributed by atoms with E-state index in [-0.39, 0.29) is 11.5 Å². The van der Waals surface area contributed by atoms with Crippen molar-refractivity contribution in [2.45, 2.75) is 31.5 Å².